The van der Waals surface area contributed by atoms with Gasteiger partial charge in [0.05, 0.1) is 34.3 Å². The van der Waals surface area contributed by atoms with E-state index in [2.05, 4.69) is 33.3 Å². The SMILES string of the molecule is C[N+](C)(C)CCCOC(=O)CCCCCCCCCCCC[C@H]1C=CCC1. The smallest absolute Gasteiger partial charge is 0.305 e. The predicted molar refractivity (Wildman–Crippen MR) is 116 cm³/mol. The number of hydrogen-bond donors (Lipinski definition) is 0. The second-order valence-electron chi connectivity index (χ2n) is 9.43. The summed E-state index contributed by atoms with van der Waals surface area (Å²) in [6.07, 6.45) is 23.6. The van der Waals surface area contributed by atoms with Crippen molar-refractivity contribution in [3.05, 3.63) is 12.2 Å². The van der Waals surface area contributed by atoms with Crippen LogP contribution >= 0.6 is 0 Å². The zero-order chi connectivity index (χ0) is 19.8. The van der Waals surface area contributed by atoms with Crippen molar-refractivity contribution in [3.8, 4) is 0 Å². The van der Waals surface area contributed by atoms with E-state index in [1.165, 1.54) is 77.0 Å². The van der Waals surface area contributed by atoms with Crippen LogP contribution in [0.4, 0.5) is 0 Å². The van der Waals surface area contributed by atoms with E-state index in [9.17, 15) is 4.79 Å². The zero-order valence-corrected chi connectivity index (χ0v) is 18.5. The van der Waals surface area contributed by atoms with Crippen LogP contribution in [0.5, 0.6) is 0 Å². The largest absolute Gasteiger partial charge is 0.465 e. The first kappa shape index (κ1) is 24.2. The number of ether oxygens (including phenoxy) is 1. The summed E-state index contributed by atoms with van der Waals surface area (Å²) in [6, 6.07) is 0. The zero-order valence-electron chi connectivity index (χ0n) is 18.5. The topological polar surface area (TPSA) is 26.3 Å². The van der Waals surface area contributed by atoms with Crippen LogP contribution in [0.2, 0.25) is 0 Å². The summed E-state index contributed by atoms with van der Waals surface area (Å²) in [5.74, 6) is 0.884. The van der Waals surface area contributed by atoms with Crippen LogP contribution in [0, 0.1) is 5.92 Å². The Morgan fingerprint density at radius 2 is 1.48 bits per heavy atom. The molecule has 0 aromatic carbocycles. The highest BCUT2D eigenvalue weighted by molar-refractivity contribution is 5.69. The molecule has 0 bridgehead atoms. The summed E-state index contributed by atoms with van der Waals surface area (Å²) in [5.41, 5.74) is 0. The number of nitrogens with zero attached hydrogens (tertiary/aromatic N) is 1. The third-order valence-corrected chi connectivity index (χ3v) is 5.55. The van der Waals surface area contributed by atoms with Gasteiger partial charge in [0.25, 0.3) is 0 Å². The van der Waals surface area contributed by atoms with Crippen molar-refractivity contribution in [3.63, 3.8) is 0 Å². The minimum Gasteiger partial charge on any atom is -0.465 e. The Kier molecular flexibility index (Phi) is 13.6. The van der Waals surface area contributed by atoms with Crippen LogP contribution in [-0.2, 0) is 9.53 Å². The van der Waals surface area contributed by atoms with Crippen LogP contribution in [0.25, 0.3) is 0 Å². The van der Waals surface area contributed by atoms with Gasteiger partial charge in [0.2, 0.25) is 0 Å². The maximum atomic E-state index is 11.7. The molecule has 0 spiro atoms. The maximum absolute atomic E-state index is 11.7. The van der Waals surface area contributed by atoms with Gasteiger partial charge in [0, 0.05) is 12.8 Å². The molecule has 1 rings (SSSR count). The van der Waals surface area contributed by atoms with E-state index >= 15 is 0 Å². The van der Waals surface area contributed by atoms with Gasteiger partial charge in [-0.15, -0.1) is 0 Å². The lowest BCUT2D eigenvalue weighted by Gasteiger charge is -2.23. The van der Waals surface area contributed by atoms with Crippen molar-refractivity contribution in [2.75, 3.05) is 34.3 Å². The van der Waals surface area contributed by atoms with Gasteiger partial charge < -0.3 is 9.22 Å². The molecule has 1 atom stereocenters. The molecule has 0 aliphatic heterocycles. The predicted octanol–water partition coefficient (Wildman–Crippen LogP) is 6.27. The Hall–Kier alpha value is -0.830. The molecule has 3 heteroatoms. The number of carbonyl (C=O) groups excluding carboxylic acids is 1. The molecule has 0 aromatic rings. The normalized spacial score (nSPS) is 16.8. The van der Waals surface area contributed by atoms with E-state index in [1.807, 2.05) is 0 Å². The van der Waals surface area contributed by atoms with E-state index in [0.29, 0.717) is 13.0 Å². The Labute approximate surface area is 169 Å². The summed E-state index contributed by atoms with van der Waals surface area (Å²) in [6.45, 7) is 1.62. The average Bonchev–Trinajstić information content (AvgIpc) is 3.12. The fourth-order valence-electron chi connectivity index (χ4n) is 3.82. The van der Waals surface area contributed by atoms with Gasteiger partial charge in [-0.3, -0.25) is 4.79 Å². The second-order valence-corrected chi connectivity index (χ2v) is 9.43. The molecule has 0 saturated heterocycles. The van der Waals surface area contributed by atoms with Crippen LogP contribution < -0.4 is 0 Å². The molecule has 0 radical (unpaired) electrons. The van der Waals surface area contributed by atoms with Crippen molar-refractivity contribution in [2.24, 2.45) is 5.92 Å². The Balaban J connectivity index is 1.74. The monoisotopic (exact) mass is 380 g/mol. The van der Waals surface area contributed by atoms with Gasteiger partial charge >= 0.3 is 5.97 Å². The number of rotatable bonds is 17. The number of quaternary nitrogens is 1. The van der Waals surface area contributed by atoms with Crippen molar-refractivity contribution >= 4 is 5.97 Å². The first-order valence-electron chi connectivity index (χ1n) is 11.6. The number of esters is 1. The molecule has 0 N–H and O–H groups in total. The van der Waals surface area contributed by atoms with Crippen LogP contribution in [0.15, 0.2) is 12.2 Å². The molecule has 0 unspecified atom stereocenters. The lowest BCUT2D eigenvalue weighted by Crippen LogP contribution is -2.35. The highest BCUT2D eigenvalue weighted by Gasteiger charge is 2.08. The highest BCUT2D eigenvalue weighted by Crippen LogP contribution is 2.23. The van der Waals surface area contributed by atoms with E-state index in [1.54, 1.807) is 0 Å². The Morgan fingerprint density at radius 1 is 0.889 bits per heavy atom. The molecule has 3 nitrogen and oxygen atoms in total. The third-order valence-electron chi connectivity index (χ3n) is 5.55. The molecule has 158 valence electrons. The van der Waals surface area contributed by atoms with Crippen molar-refractivity contribution in [2.45, 2.75) is 96.3 Å². The summed E-state index contributed by atoms with van der Waals surface area (Å²) >= 11 is 0. The number of allylic oxidation sites excluding steroid dienone is 2. The lowest BCUT2D eigenvalue weighted by molar-refractivity contribution is -0.870. The van der Waals surface area contributed by atoms with E-state index in [4.69, 9.17) is 4.74 Å². The number of unbranched alkanes of at least 4 members (excludes halogenated alkanes) is 9. The van der Waals surface area contributed by atoms with Gasteiger partial charge in [0.15, 0.2) is 0 Å². The molecule has 0 amide bonds. The average molecular weight is 381 g/mol. The molecular weight excluding hydrogens is 334 g/mol. The minimum atomic E-state index is -0.00972. The first-order valence-corrected chi connectivity index (χ1v) is 11.6. The number of hydrogen-bond acceptors (Lipinski definition) is 2. The molecule has 1 aliphatic carbocycles. The van der Waals surface area contributed by atoms with Gasteiger partial charge in [-0.25, -0.2) is 0 Å². The van der Waals surface area contributed by atoms with E-state index in [0.717, 1.165) is 29.8 Å². The lowest BCUT2D eigenvalue weighted by atomic mass is 9.99. The van der Waals surface area contributed by atoms with Crippen molar-refractivity contribution in [1.82, 2.24) is 0 Å². The second kappa shape index (κ2) is 15.1. The first-order chi connectivity index (χ1) is 13.0. The molecule has 0 saturated carbocycles. The minimum absolute atomic E-state index is 0.00972. The van der Waals surface area contributed by atoms with Gasteiger partial charge in [-0.05, 0) is 31.6 Å². The van der Waals surface area contributed by atoms with E-state index in [-0.39, 0.29) is 5.97 Å². The standard InChI is InChI=1S/C24H46NO2/c1-25(2,3)21-16-22-27-24(26)20-13-11-9-7-5-4-6-8-10-12-17-23-18-14-15-19-23/h14,18,23H,4-13,15-17,19-22H2,1-3H3/q+1/t23-/m0/s1. The Bertz CT molecular complexity index is 398. The summed E-state index contributed by atoms with van der Waals surface area (Å²) in [5, 5.41) is 0. The summed E-state index contributed by atoms with van der Waals surface area (Å²) < 4.78 is 6.24. The molecule has 0 fully saturated rings. The fourth-order valence-corrected chi connectivity index (χ4v) is 3.82. The number of carbonyl (C=O) groups is 1. The highest BCUT2D eigenvalue weighted by atomic mass is 16.5. The molecule has 1 aliphatic rings. The van der Waals surface area contributed by atoms with Crippen LogP contribution in [-0.4, -0.2) is 44.7 Å². The van der Waals surface area contributed by atoms with Gasteiger partial charge in [-0.1, -0.05) is 69.9 Å². The molecule has 0 aromatic heterocycles. The quantitative estimate of drug-likeness (QED) is 0.129. The summed E-state index contributed by atoms with van der Waals surface area (Å²) in [7, 11) is 6.49. The maximum Gasteiger partial charge on any atom is 0.305 e. The van der Waals surface area contributed by atoms with Gasteiger partial charge in [0.1, 0.15) is 0 Å². The van der Waals surface area contributed by atoms with Crippen molar-refractivity contribution in [1.29, 1.82) is 0 Å². The summed E-state index contributed by atoms with van der Waals surface area (Å²) in [4.78, 5) is 11.7. The fraction of sp³-hybridized carbons (Fsp3) is 0.875. The van der Waals surface area contributed by atoms with Gasteiger partial charge in [-0.2, -0.15) is 0 Å². The van der Waals surface area contributed by atoms with Crippen LogP contribution in [0.1, 0.15) is 96.3 Å². The molecular formula is C24H46NO2+. The third kappa shape index (κ3) is 15.9. The molecule has 0 heterocycles. The van der Waals surface area contributed by atoms with Crippen LogP contribution in [0.3, 0.4) is 0 Å². The Morgan fingerprint density at radius 3 is 2.04 bits per heavy atom. The van der Waals surface area contributed by atoms with Crippen molar-refractivity contribution < 1.29 is 14.0 Å². The van der Waals surface area contributed by atoms with E-state index < -0.39 is 0 Å². The molecule has 27 heavy (non-hydrogen) atoms.